The predicted octanol–water partition coefficient (Wildman–Crippen LogP) is 3.01. The Bertz CT molecular complexity index is 962. The average Bonchev–Trinajstić information content (AvgIpc) is 3.15. The SMILES string of the molecule is Cc1cccc(C(=O)N[C@H]2CC[C@H](Nc3nccc(-c4cccnc4)n3)C2)n1. The molecule has 1 aliphatic carbocycles. The van der Waals surface area contributed by atoms with Crippen molar-refractivity contribution in [3.05, 3.63) is 66.4 Å². The van der Waals surface area contributed by atoms with Crippen LogP contribution >= 0.6 is 0 Å². The van der Waals surface area contributed by atoms with Crippen LogP contribution in [0.3, 0.4) is 0 Å². The number of rotatable bonds is 5. The summed E-state index contributed by atoms with van der Waals surface area (Å²) in [6.07, 6.45) is 7.97. The van der Waals surface area contributed by atoms with E-state index in [0.717, 1.165) is 36.2 Å². The average molecular weight is 374 g/mol. The highest BCUT2D eigenvalue weighted by atomic mass is 16.1. The molecule has 2 atom stereocenters. The molecule has 0 bridgehead atoms. The van der Waals surface area contributed by atoms with Crippen LogP contribution in [0.4, 0.5) is 5.95 Å². The number of anilines is 1. The number of hydrogen-bond donors (Lipinski definition) is 2. The molecule has 0 aliphatic heterocycles. The molecule has 1 amide bonds. The van der Waals surface area contributed by atoms with Gasteiger partial charge in [0, 0.05) is 41.9 Å². The Morgan fingerprint density at radius 3 is 2.75 bits per heavy atom. The Morgan fingerprint density at radius 1 is 1.04 bits per heavy atom. The zero-order valence-corrected chi connectivity index (χ0v) is 15.7. The summed E-state index contributed by atoms with van der Waals surface area (Å²) in [7, 11) is 0. The van der Waals surface area contributed by atoms with Crippen molar-refractivity contribution in [1.29, 1.82) is 0 Å². The Kier molecular flexibility index (Phi) is 5.23. The van der Waals surface area contributed by atoms with Crippen LogP contribution in [0.15, 0.2) is 55.0 Å². The largest absolute Gasteiger partial charge is 0.351 e. The third kappa shape index (κ3) is 4.31. The van der Waals surface area contributed by atoms with Gasteiger partial charge < -0.3 is 10.6 Å². The third-order valence-corrected chi connectivity index (χ3v) is 4.83. The van der Waals surface area contributed by atoms with E-state index in [1.165, 1.54) is 0 Å². The van der Waals surface area contributed by atoms with Gasteiger partial charge in [0.2, 0.25) is 5.95 Å². The fraction of sp³-hybridized carbons (Fsp3) is 0.286. The number of nitrogens with zero attached hydrogens (tertiary/aromatic N) is 4. The zero-order chi connectivity index (χ0) is 19.3. The maximum absolute atomic E-state index is 12.4. The summed E-state index contributed by atoms with van der Waals surface area (Å²) >= 11 is 0. The van der Waals surface area contributed by atoms with E-state index >= 15 is 0 Å². The number of aryl methyl sites for hydroxylation is 1. The Hall–Kier alpha value is -3.35. The summed E-state index contributed by atoms with van der Waals surface area (Å²) in [5.41, 5.74) is 3.09. The van der Waals surface area contributed by atoms with E-state index in [4.69, 9.17) is 0 Å². The second-order valence-corrected chi connectivity index (χ2v) is 7.00. The van der Waals surface area contributed by atoms with Gasteiger partial charge in [0.25, 0.3) is 5.91 Å². The van der Waals surface area contributed by atoms with Gasteiger partial charge in [-0.25, -0.2) is 15.0 Å². The maximum Gasteiger partial charge on any atom is 0.270 e. The first-order valence-corrected chi connectivity index (χ1v) is 9.42. The van der Waals surface area contributed by atoms with Crippen molar-refractivity contribution in [2.75, 3.05) is 5.32 Å². The van der Waals surface area contributed by atoms with Crippen molar-refractivity contribution in [3.8, 4) is 11.3 Å². The Balaban J connectivity index is 1.36. The summed E-state index contributed by atoms with van der Waals surface area (Å²) in [6, 6.07) is 11.5. The van der Waals surface area contributed by atoms with Crippen molar-refractivity contribution in [3.63, 3.8) is 0 Å². The Morgan fingerprint density at radius 2 is 1.93 bits per heavy atom. The van der Waals surface area contributed by atoms with Crippen LogP contribution < -0.4 is 10.6 Å². The van der Waals surface area contributed by atoms with E-state index in [0.29, 0.717) is 11.6 Å². The quantitative estimate of drug-likeness (QED) is 0.713. The molecule has 3 heterocycles. The van der Waals surface area contributed by atoms with Gasteiger partial charge in [0.05, 0.1) is 5.69 Å². The third-order valence-electron chi connectivity index (χ3n) is 4.83. The normalized spacial score (nSPS) is 18.6. The van der Waals surface area contributed by atoms with E-state index in [-0.39, 0.29) is 18.0 Å². The number of nitrogens with one attached hydrogen (secondary N) is 2. The van der Waals surface area contributed by atoms with E-state index < -0.39 is 0 Å². The van der Waals surface area contributed by atoms with Gasteiger partial charge in [-0.3, -0.25) is 9.78 Å². The van der Waals surface area contributed by atoms with Gasteiger partial charge >= 0.3 is 0 Å². The summed E-state index contributed by atoms with van der Waals surface area (Å²) < 4.78 is 0. The van der Waals surface area contributed by atoms with Crippen molar-refractivity contribution in [2.45, 2.75) is 38.3 Å². The molecule has 0 aromatic carbocycles. The van der Waals surface area contributed by atoms with Crippen LogP contribution in [-0.2, 0) is 0 Å². The summed E-state index contributed by atoms with van der Waals surface area (Å²) in [4.78, 5) is 29.7. The molecule has 142 valence electrons. The lowest BCUT2D eigenvalue weighted by atomic mass is 10.2. The molecule has 7 nitrogen and oxygen atoms in total. The molecule has 3 aromatic rings. The molecule has 2 N–H and O–H groups in total. The molecule has 0 unspecified atom stereocenters. The molecule has 0 saturated heterocycles. The molecule has 0 spiro atoms. The standard InChI is InChI=1S/C21H22N6O/c1-14-4-2-6-19(24-14)20(28)25-16-7-8-17(12-16)26-21-23-11-9-18(27-21)15-5-3-10-22-13-15/h2-6,9-11,13,16-17H,7-8,12H2,1H3,(H,25,28)(H,23,26,27)/t16-,17-/m0/s1. The number of amides is 1. The van der Waals surface area contributed by atoms with Crippen LogP contribution in [0.5, 0.6) is 0 Å². The van der Waals surface area contributed by atoms with Crippen molar-refractivity contribution in [1.82, 2.24) is 25.3 Å². The minimum Gasteiger partial charge on any atom is -0.351 e. The van der Waals surface area contributed by atoms with Crippen molar-refractivity contribution < 1.29 is 4.79 Å². The van der Waals surface area contributed by atoms with Gasteiger partial charge in [-0.1, -0.05) is 6.07 Å². The van der Waals surface area contributed by atoms with Crippen LogP contribution in [0.2, 0.25) is 0 Å². The van der Waals surface area contributed by atoms with E-state index in [2.05, 4.69) is 30.6 Å². The molecular formula is C21H22N6O. The maximum atomic E-state index is 12.4. The van der Waals surface area contributed by atoms with Gasteiger partial charge in [0.1, 0.15) is 5.69 Å². The number of carbonyl (C=O) groups is 1. The summed E-state index contributed by atoms with van der Waals surface area (Å²) in [5, 5.41) is 6.48. The number of carbonyl (C=O) groups excluding carboxylic acids is 1. The summed E-state index contributed by atoms with van der Waals surface area (Å²) in [5.74, 6) is 0.475. The van der Waals surface area contributed by atoms with Crippen LogP contribution in [0, 0.1) is 6.92 Å². The number of aromatic nitrogens is 4. The topological polar surface area (TPSA) is 92.7 Å². The van der Waals surface area contributed by atoms with Crippen LogP contribution in [-0.4, -0.2) is 37.9 Å². The molecule has 1 fully saturated rings. The first-order valence-electron chi connectivity index (χ1n) is 9.42. The van der Waals surface area contributed by atoms with Gasteiger partial charge in [-0.05, 0) is 56.5 Å². The highest BCUT2D eigenvalue weighted by molar-refractivity contribution is 5.92. The first kappa shape index (κ1) is 18.0. The van der Waals surface area contributed by atoms with Gasteiger partial charge in [-0.15, -0.1) is 0 Å². The van der Waals surface area contributed by atoms with Crippen molar-refractivity contribution >= 4 is 11.9 Å². The summed E-state index contributed by atoms with van der Waals surface area (Å²) in [6.45, 7) is 1.88. The number of pyridine rings is 2. The smallest absolute Gasteiger partial charge is 0.270 e. The van der Waals surface area contributed by atoms with Crippen LogP contribution in [0.25, 0.3) is 11.3 Å². The molecular weight excluding hydrogens is 352 g/mol. The second-order valence-electron chi connectivity index (χ2n) is 7.00. The number of hydrogen-bond acceptors (Lipinski definition) is 6. The minimum atomic E-state index is -0.121. The lowest BCUT2D eigenvalue weighted by molar-refractivity contribution is 0.0932. The predicted molar refractivity (Wildman–Crippen MR) is 107 cm³/mol. The van der Waals surface area contributed by atoms with Gasteiger partial charge in [-0.2, -0.15) is 0 Å². The molecule has 7 heteroatoms. The molecule has 28 heavy (non-hydrogen) atoms. The molecule has 3 aromatic heterocycles. The molecule has 1 aliphatic rings. The first-order chi connectivity index (χ1) is 13.7. The lowest BCUT2D eigenvalue weighted by Crippen LogP contribution is -2.34. The molecule has 4 rings (SSSR count). The highest BCUT2D eigenvalue weighted by Crippen LogP contribution is 2.23. The van der Waals surface area contributed by atoms with E-state index in [9.17, 15) is 4.79 Å². The fourth-order valence-electron chi connectivity index (χ4n) is 3.46. The minimum absolute atomic E-state index is 0.119. The van der Waals surface area contributed by atoms with E-state index in [1.54, 1.807) is 24.7 Å². The second kappa shape index (κ2) is 8.12. The monoisotopic (exact) mass is 374 g/mol. The highest BCUT2D eigenvalue weighted by Gasteiger charge is 2.27. The zero-order valence-electron chi connectivity index (χ0n) is 15.7. The lowest BCUT2D eigenvalue weighted by Gasteiger charge is -2.15. The Labute approximate surface area is 163 Å². The molecule has 1 saturated carbocycles. The molecule has 0 radical (unpaired) electrons. The van der Waals surface area contributed by atoms with Gasteiger partial charge in [0.15, 0.2) is 0 Å². The van der Waals surface area contributed by atoms with E-state index in [1.807, 2.05) is 37.3 Å². The van der Waals surface area contributed by atoms with Crippen molar-refractivity contribution in [2.24, 2.45) is 0 Å². The van der Waals surface area contributed by atoms with Crippen LogP contribution in [0.1, 0.15) is 35.4 Å². The fourth-order valence-corrected chi connectivity index (χ4v) is 3.46.